The monoisotopic (exact) mass is 653 g/mol. The predicted octanol–water partition coefficient (Wildman–Crippen LogP) is 14.3. The van der Waals surface area contributed by atoms with Gasteiger partial charge in [0.15, 0.2) is 0 Å². The predicted molar refractivity (Wildman–Crippen MR) is 217 cm³/mol. The lowest BCUT2D eigenvalue weighted by Gasteiger charge is -2.26. The summed E-state index contributed by atoms with van der Waals surface area (Å²) in [4.78, 5) is 2.38. The third-order valence-electron chi connectivity index (χ3n) is 10.1. The highest BCUT2D eigenvalue weighted by atomic mass is 32.1. The minimum Gasteiger partial charge on any atom is -0.310 e. The summed E-state index contributed by atoms with van der Waals surface area (Å²) in [6.07, 6.45) is 0. The maximum atomic E-state index is 2.38. The second kappa shape index (κ2) is 11.7. The third kappa shape index (κ3) is 4.76. The van der Waals surface area contributed by atoms with Crippen LogP contribution in [-0.2, 0) is 0 Å². The van der Waals surface area contributed by atoms with E-state index < -0.39 is 0 Å². The second-order valence-electron chi connectivity index (χ2n) is 12.9. The van der Waals surface area contributed by atoms with Gasteiger partial charge in [-0.25, -0.2) is 0 Å². The Bertz CT molecular complexity index is 2850. The lowest BCUT2D eigenvalue weighted by Crippen LogP contribution is -2.09. The molecule has 50 heavy (non-hydrogen) atoms. The molecule has 0 aliphatic carbocycles. The molecule has 2 heteroatoms. The van der Waals surface area contributed by atoms with E-state index in [0.29, 0.717) is 0 Å². The average Bonchev–Trinajstić information content (AvgIpc) is 3.58. The smallest absolute Gasteiger partial charge is 0.0468 e. The lowest BCUT2D eigenvalue weighted by molar-refractivity contribution is 1.29. The molecule has 9 aromatic carbocycles. The number of anilines is 3. The second-order valence-corrected chi connectivity index (χ2v) is 14.0. The van der Waals surface area contributed by atoms with Crippen LogP contribution in [0.1, 0.15) is 0 Å². The molecule has 0 atom stereocenters. The van der Waals surface area contributed by atoms with E-state index in [2.05, 4.69) is 193 Å². The number of thiophene rings is 1. The first kappa shape index (κ1) is 28.8. The molecule has 0 unspecified atom stereocenters. The van der Waals surface area contributed by atoms with Gasteiger partial charge in [0.1, 0.15) is 0 Å². The maximum absolute atomic E-state index is 2.38. The molecule has 0 aliphatic rings. The summed E-state index contributed by atoms with van der Waals surface area (Å²) in [5.74, 6) is 0. The molecule has 10 aromatic rings. The Kier molecular flexibility index (Phi) is 6.75. The third-order valence-corrected chi connectivity index (χ3v) is 11.2. The summed E-state index contributed by atoms with van der Waals surface area (Å²) in [5.41, 5.74) is 8.29. The molecule has 0 radical (unpaired) electrons. The fourth-order valence-corrected chi connectivity index (χ4v) is 8.77. The molecule has 0 saturated heterocycles. The van der Waals surface area contributed by atoms with Gasteiger partial charge in [-0.05, 0) is 103 Å². The SMILES string of the molecule is c1ccc(-c2ccc(N(c3ccc(-c4cccc5sc6ccccc6c45)cc3)c3ccc4c(ccc5c6ccccc6ccc45)c3)cc2)cc1. The summed E-state index contributed by atoms with van der Waals surface area (Å²) >= 11 is 1.87. The van der Waals surface area contributed by atoms with E-state index >= 15 is 0 Å². The van der Waals surface area contributed by atoms with Gasteiger partial charge in [0.25, 0.3) is 0 Å². The van der Waals surface area contributed by atoms with Crippen LogP contribution in [0, 0.1) is 0 Å². The van der Waals surface area contributed by atoms with Crippen molar-refractivity contribution in [2.45, 2.75) is 0 Å². The molecule has 0 aliphatic heterocycles. The van der Waals surface area contributed by atoms with E-state index in [-0.39, 0.29) is 0 Å². The van der Waals surface area contributed by atoms with E-state index in [1.54, 1.807) is 0 Å². The highest BCUT2D eigenvalue weighted by molar-refractivity contribution is 7.25. The minimum absolute atomic E-state index is 1.12. The van der Waals surface area contributed by atoms with Crippen molar-refractivity contribution in [3.05, 3.63) is 188 Å². The van der Waals surface area contributed by atoms with Crippen molar-refractivity contribution < 1.29 is 0 Å². The van der Waals surface area contributed by atoms with Crippen LogP contribution >= 0.6 is 11.3 Å². The fraction of sp³-hybridized carbons (Fsp3) is 0. The summed E-state index contributed by atoms with van der Waals surface area (Å²) < 4.78 is 2.65. The molecular weight excluding hydrogens is 623 g/mol. The van der Waals surface area contributed by atoms with Crippen LogP contribution in [0.4, 0.5) is 17.1 Å². The highest BCUT2D eigenvalue weighted by Crippen LogP contribution is 2.42. The van der Waals surface area contributed by atoms with Crippen molar-refractivity contribution in [3.63, 3.8) is 0 Å². The standard InChI is InChI=1S/C48H31NS/c1-2-9-32(10-3-1)33-17-23-37(24-18-33)49(39-27-30-41-36(31-39)22-29-43-40-12-5-4-11-34(40)21-28-44(41)43)38-25-19-35(20-26-38)42-14-8-16-47-48(42)45-13-6-7-15-46(45)50-47/h1-31H. The van der Waals surface area contributed by atoms with Crippen molar-refractivity contribution in [3.8, 4) is 22.3 Å². The van der Waals surface area contributed by atoms with Crippen molar-refractivity contribution in [2.75, 3.05) is 4.90 Å². The van der Waals surface area contributed by atoms with Gasteiger partial charge >= 0.3 is 0 Å². The van der Waals surface area contributed by atoms with Crippen LogP contribution in [0.25, 0.3) is 74.7 Å². The molecule has 1 aromatic heterocycles. The zero-order chi connectivity index (χ0) is 33.0. The summed E-state index contributed by atoms with van der Waals surface area (Å²) in [7, 11) is 0. The van der Waals surface area contributed by atoms with Gasteiger partial charge in [-0.1, -0.05) is 140 Å². The molecule has 0 N–H and O–H groups in total. The number of fused-ring (bicyclic) bond motifs is 8. The van der Waals surface area contributed by atoms with E-state index in [9.17, 15) is 0 Å². The summed E-state index contributed by atoms with van der Waals surface area (Å²) in [5, 5.41) is 10.3. The van der Waals surface area contributed by atoms with Crippen molar-refractivity contribution >= 4 is 80.9 Å². The Hall–Kier alpha value is -6.22. The minimum atomic E-state index is 1.12. The van der Waals surface area contributed by atoms with Crippen LogP contribution < -0.4 is 4.90 Å². The first-order chi connectivity index (χ1) is 24.8. The number of rotatable bonds is 5. The van der Waals surface area contributed by atoms with Gasteiger partial charge in [-0.2, -0.15) is 0 Å². The molecule has 0 saturated carbocycles. The van der Waals surface area contributed by atoms with Gasteiger partial charge in [-0.3, -0.25) is 0 Å². The number of benzene rings is 9. The van der Waals surface area contributed by atoms with Gasteiger partial charge in [0.05, 0.1) is 0 Å². The summed E-state index contributed by atoms with van der Waals surface area (Å²) in [6.45, 7) is 0. The van der Waals surface area contributed by atoms with Crippen LogP contribution in [0.15, 0.2) is 188 Å². The van der Waals surface area contributed by atoms with Gasteiger partial charge in [0.2, 0.25) is 0 Å². The van der Waals surface area contributed by atoms with Crippen molar-refractivity contribution in [1.29, 1.82) is 0 Å². The van der Waals surface area contributed by atoms with E-state index in [0.717, 1.165) is 17.1 Å². The van der Waals surface area contributed by atoms with Crippen molar-refractivity contribution in [1.82, 2.24) is 0 Å². The molecule has 10 rings (SSSR count). The van der Waals surface area contributed by atoms with E-state index in [1.807, 2.05) is 11.3 Å². The van der Waals surface area contributed by atoms with Crippen molar-refractivity contribution in [2.24, 2.45) is 0 Å². The average molecular weight is 654 g/mol. The van der Waals surface area contributed by atoms with Crippen LogP contribution in [-0.4, -0.2) is 0 Å². The number of hydrogen-bond acceptors (Lipinski definition) is 2. The van der Waals surface area contributed by atoms with Gasteiger partial charge < -0.3 is 4.90 Å². The Morgan fingerprint density at radius 3 is 1.66 bits per heavy atom. The highest BCUT2D eigenvalue weighted by Gasteiger charge is 2.16. The molecule has 0 amide bonds. The molecular formula is C48H31NS. The first-order valence-corrected chi connectivity index (χ1v) is 17.9. The molecule has 234 valence electrons. The fourth-order valence-electron chi connectivity index (χ4n) is 7.64. The van der Waals surface area contributed by atoms with Gasteiger partial charge in [-0.15, -0.1) is 11.3 Å². The Balaban J connectivity index is 1.11. The van der Waals surface area contributed by atoms with E-state index in [4.69, 9.17) is 0 Å². The first-order valence-electron chi connectivity index (χ1n) is 17.1. The molecule has 0 fully saturated rings. The maximum Gasteiger partial charge on any atom is 0.0468 e. The normalized spacial score (nSPS) is 11.6. The zero-order valence-electron chi connectivity index (χ0n) is 27.3. The van der Waals surface area contributed by atoms with Crippen LogP contribution in [0.2, 0.25) is 0 Å². The molecule has 1 heterocycles. The van der Waals surface area contributed by atoms with Crippen LogP contribution in [0.3, 0.4) is 0 Å². The number of nitrogens with zero attached hydrogens (tertiary/aromatic N) is 1. The molecule has 0 spiro atoms. The Morgan fingerprint density at radius 1 is 0.320 bits per heavy atom. The quantitative estimate of drug-likeness (QED) is 0.167. The zero-order valence-corrected chi connectivity index (χ0v) is 28.1. The van der Waals surface area contributed by atoms with Gasteiger partial charge in [0, 0.05) is 37.2 Å². The molecule has 1 nitrogen and oxygen atoms in total. The molecule has 0 bridgehead atoms. The number of hydrogen-bond donors (Lipinski definition) is 0. The Morgan fingerprint density at radius 2 is 0.880 bits per heavy atom. The van der Waals surface area contributed by atoms with Crippen LogP contribution in [0.5, 0.6) is 0 Å². The largest absolute Gasteiger partial charge is 0.310 e. The lowest BCUT2D eigenvalue weighted by atomic mass is 9.96. The summed E-state index contributed by atoms with van der Waals surface area (Å²) in [6, 6.07) is 68.7. The topological polar surface area (TPSA) is 3.24 Å². The Labute approximate surface area is 294 Å². The van der Waals surface area contributed by atoms with E-state index in [1.165, 1.54) is 74.7 Å².